The SMILES string of the molecule is O=C=Nc1nc2cccc(Br)c2s1. The lowest BCUT2D eigenvalue weighted by atomic mass is 10.3. The summed E-state index contributed by atoms with van der Waals surface area (Å²) in [5, 5.41) is 0.442. The number of benzene rings is 1. The second-order valence-corrected chi connectivity index (χ2v) is 4.12. The lowest BCUT2D eigenvalue weighted by Crippen LogP contribution is -1.66. The lowest BCUT2D eigenvalue weighted by Gasteiger charge is -1.87. The third-order valence-corrected chi connectivity index (χ3v) is 3.42. The highest BCUT2D eigenvalue weighted by Gasteiger charge is 2.04. The summed E-state index contributed by atoms with van der Waals surface area (Å²) in [6, 6.07) is 5.69. The van der Waals surface area contributed by atoms with Crippen LogP contribution in [0.15, 0.2) is 27.7 Å². The minimum absolute atomic E-state index is 0.442. The van der Waals surface area contributed by atoms with E-state index in [4.69, 9.17) is 0 Å². The molecule has 0 fully saturated rings. The van der Waals surface area contributed by atoms with Crippen LogP contribution in [0.25, 0.3) is 10.2 Å². The van der Waals surface area contributed by atoms with Gasteiger partial charge in [-0.25, -0.2) is 9.78 Å². The van der Waals surface area contributed by atoms with E-state index >= 15 is 0 Å². The van der Waals surface area contributed by atoms with Crippen LogP contribution in [0.1, 0.15) is 0 Å². The number of carbonyl (C=O) groups excluding carboxylic acids is 1. The second-order valence-electron chi connectivity index (χ2n) is 2.29. The molecule has 0 bridgehead atoms. The number of nitrogens with zero attached hydrogens (tertiary/aromatic N) is 2. The number of thiazole rings is 1. The van der Waals surface area contributed by atoms with E-state index in [0.29, 0.717) is 5.13 Å². The summed E-state index contributed by atoms with van der Waals surface area (Å²) in [6.07, 6.45) is 1.47. The first-order valence-corrected chi connectivity index (χ1v) is 5.05. The van der Waals surface area contributed by atoms with E-state index in [9.17, 15) is 4.79 Å². The highest BCUT2D eigenvalue weighted by molar-refractivity contribution is 9.10. The van der Waals surface area contributed by atoms with Crippen LogP contribution in [0.2, 0.25) is 0 Å². The van der Waals surface area contributed by atoms with Crippen molar-refractivity contribution in [2.75, 3.05) is 0 Å². The van der Waals surface area contributed by atoms with Crippen molar-refractivity contribution in [1.82, 2.24) is 4.98 Å². The summed E-state index contributed by atoms with van der Waals surface area (Å²) in [7, 11) is 0. The predicted molar refractivity (Wildman–Crippen MR) is 55.1 cm³/mol. The van der Waals surface area contributed by atoms with Gasteiger partial charge >= 0.3 is 0 Å². The molecular weight excluding hydrogens is 252 g/mol. The molecule has 0 radical (unpaired) electrons. The van der Waals surface area contributed by atoms with Gasteiger partial charge in [-0.15, -0.1) is 4.99 Å². The molecular formula is C8H3BrN2OS. The number of hydrogen-bond donors (Lipinski definition) is 0. The van der Waals surface area contributed by atoms with Gasteiger partial charge in [0.1, 0.15) is 0 Å². The Labute approximate surface area is 86.3 Å². The molecule has 1 aromatic carbocycles. The largest absolute Gasteiger partial charge is 0.242 e. The standard InChI is InChI=1S/C8H3BrN2OS/c9-5-2-1-3-6-7(5)13-8(11-6)10-4-12/h1-3H. The Hall–Kier alpha value is -1.03. The Morgan fingerprint density at radius 2 is 2.38 bits per heavy atom. The van der Waals surface area contributed by atoms with Crippen LogP contribution < -0.4 is 0 Å². The summed E-state index contributed by atoms with van der Waals surface area (Å²) >= 11 is 4.75. The normalized spacial score (nSPS) is 9.92. The fourth-order valence-electron chi connectivity index (χ4n) is 0.991. The zero-order valence-electron chi connectivity index (χ0n) is 6.32. The number of halogens is 1. The summed E-state index contributed by atoms with van der Waals surface area (Å²) in [5.41, 5.74) is 0.841. The molecule has 0 aliphatic carbocycles. The van der Waals surface area contributed by atoms with Gasteiger partial charge in [-0.2, -0.15) is 0 Å². The maximum atomic E-state index is 10.00. The molecule has 0 saturated carbocycles. The molecule has 0 N–H and O–H groups in total. The quantitative estimate of drug-likeness (QED) is 0.580. The van der Waals surface area contributed by atoms with Crippen molar-refractivity contribution in [3.8, 4) is 0 Å². The maximum absolute atomic E-state index is 10.00. The molecule has 0 saturated heterocycles. The Bertz CT molecular complexity index is 502. The fraction of sp³-hybridized carbons (Fsp3) is 0. The zero-order chi connectivity index (χ0) is 9.26. The minimum atomic E-state index is 0.442. The van der Waals surface area contributed by atoms with Gasteiger partial charge in [-0.3, -0.25) is 0 Å². The summed E-state index contributed by atoms with van der Waals surface area (Å²) < 4.78 is 1.96. The molecule has 2 aromatic rings. The average molecular weight is 255 g/mol. The van der Waals surface area contributed by atoms with Gasteiger partial charge < -0.3 is 0 Å². The molecule has 0 aliphatic rings. The first kappa shape index (κ1) is 8.56. The number of rotatable bonds is 1. The van der Waals surface area contributed by atoms with Crippen molar-refractivity contribution in [2.24, 2.45) is 4.99 Å². The first-order chi connectivity index (χ1) is 6.31. The number of aliphatic imine (C=N–C) groups is 1. The second kappa shape index (κ2) is 3.38. The van der Waals surface area contributed by atoms with Crippen LogP contribution in [-0.2, 0) is 4.79 Å². The molecule has 0 amide bonds. The van der Waals surface area contributed by atoms with Crippen molar-refractivity contribution in [3.63, 3.8) is 0 Å². The monoisotopic (exact) mass is 254 g/mol. The lowest BCUT2D eigenvalue weighted by molar-refractivity contribution is 0.565. The summed E-state index contributed by atoms with van der Waals surface area (Å²) in [6.45, 7) is 0. The third kappa shape index (κ3) is 1.54. The molecule has 3 nitrogen and oxygen atoms in total. The molecule has 13 heavy (non-hydrogen) atoms. The number of hydrogen-bond acceptors (Lipinski definition) is 4. The van der Waals surface area contributed by atoms with Crippen molar-refractivity contribution in [3.05, 3.63) is 22.7 Å². The van der Waals surface area contributed by atoms with Crippen LogP contribution in [0, 0.1) is 0 Å². The highest BCUT2D eigenvalue weighted by Crippen LogP contribution is 2.32. The zero-order valence-corrected chi connectivity index (χ0v) is 8.72. The van der Waals surface area contributed by atoms with Gasteiger partial charge in [0.25, 0.3) is 0 Å². The third-order valence-electron chi connectivity index (χ3n) is 1.50. The number of fused-ring (bicyclic) bond motifs is 1. The van der Waals surface area contributed by atoms with Gasteiger partial charge in [-0.1, -0.05) is 17.4 Å². The van der Waals surface area contributed by atoms with E-state index in [2.05, 4.69) is 25.9 Å². The molecule has 0 aliphatic heterocycles. The molecule has 0 spiro atoms. The van der Waals surface area contributed by atoms with Crippen molar-refractivity contribution >= 4 is 48.7 Å². The van der Waals surface area contributed by atoms with E-state index in [0.717, 1.165) is 14.7 Å². The summed E-state index contributed by atoms with van der Waals surface area (Å²) in [5.74, 6) is 0. The minimum Gasteiger partial charge on any atom is -0.218 e. The van der Waals surface area contributed by atoms with Crippen LogP contribution >= 0.6 is 27.3 Å². The molecule has 0 unspecified atom stereocenters. The average Bonchev–Trinajstić information content (AvgIpc) is 2.49. The number of aromatic nitrogens is 1. The van der Waals surface area contributed by atoms with Gasteiger partial charge in [0, 0.05) is 4.47 Å². The Morgan fingerprint density at radius 1 is 1.54 bits per heavy atom. The van der Waals surface area contributed by atoms with Crippen molar-refractivity contribution in [2.45, 2.75) is 0 Å². The molecule has 1 heterocycles. The fourth-order valence-corrected chi connectivity index (χ4v) is 2.38. The van der Waals surface area contributed by atoms with Crippen molar-refractivity contribution < 1.29 is 4.79 Å². The van der Waals surface area contributed by atoms with E-state index in [-0.39, 0.29) is 0 Å². The topological polar surface area (TPSA) is 42.3 Å². The van der Waals surface area contributed by atoms with Crippen LogP contribution in [0.4, 0.5) is 5.13 Å². The van der Waals surface area contributed by atoms with E-state index in [1.807, 2.05) is 18.2 Å². The smallest absolute Gasteiger partial charge is 0.218 e. The molecule has 64 valence electrons. The predicted octanol–water partition coefficient (Wildman–Crippen LogP) is 3.03. The van der Waals surface area contributed by atoms with E-state index < -0.39 is 0 Å². The first-order valence-electron chi connectivity index (χ1n) is 3.44. The van der Waals surface area contributed by atoms with Crippen LogP contribution in [0.3, 0.4) is 0 Å². The Morgan fingerprint density at radius 3 is 3.08 bits per heavy atom. The summed E-state index contributed by atoms with van der Waals surface area (Å²) in [4.78, 5) is 17.6. The van der Waals surface area contributed by atoms with Gasteiger partial charge in [0.2, 0.25) is 11.2 Å². The van der Waals surface area contributed by atoms with Crippen LogP contribution in [-0.4, -0.2) is 11.1 Å². The number of isocyanates is 1. The Kier molecular flexibility index (Phi) is 2.22. The maximum Gasteiger partial charge on any atom is 0.242 e. The van der Waals surface area contributed by atoms with Gasteiger partial charge in [0.05, 0.1) is 10.2 Å². The molecule has 5 heteroatoms. The van der Waals surface area contributed by atoms with Gasteiger partial charge in [-0.05, 0) is 28.1 Å². The molecule has 2 rings (SSSR count). The molecule has 0 atom stereocenters. The van der Waals surface area contributed by atoms with Crippen LogP contribution in [0.5, 0.6) is 0 Å². The van der Waals surface area contributed by atoms with Crippen molar-refractivity contribution in [1.29, 1.82) is 0 Å². The Balaban J connectivity index is 2.75. The van der Waals surface area contributed by atoms with E-state index in [1.165, 1.54) is 17.4 Å². The van der Waals surface area contributed by atoms with E-state index in [1.54, 1.807) is 0 Å². The van der Waals surface area contributed by atoms with Gasteiger partial charge in [0.15, 0.2) is 0 Å². The molecule has 1 aromatic heterocycles. The highest BCUT2D eigenvalue weighted by atomic mass is 79.9.